The van der Waals surface area contributed by atoms with Crippen LogP contribution in [0.5, 0.6) is 0 Å². The third kappa shape index (κ3) is 3.30. The Balaban J connectivity index is 1.52. The summed E-state index contributed by atoms with van der Waals surface area (Å²) in [5, 5.41) is 6.44. The standard InChI is InChI=1S/C19H21FN4O/c20-14-4-1-12(2-5-14)13-3-8-17(21)18(9-13)23-19(25)24-10-15-6-7-16(11-24)22-15/h1-5,8-9,15-16,22H,6-7,10-11,21H2,(H,23,25). The molecular formula is C19H21FN4O. The smallest absolute Gasteiger partial charge is 0.322 e. The molecule has 0 radical (unpaired) electrons. The number of urea groups is 1. The van der Waals surface area contributed by atoms with Gasteiger partial charge in [-0.15, -0.1) is 0 Å². The summed E-state index contributed by atoms with van der Waals surface area (Å²) in [7, 11) is 0. The second-order valence-corrected chi connectivity index (χ2v) is 6.78. The number of nitrogen functional groups attached to an aromatic ring is 1. The molecule has 2 aromatic carbocycles. The van der Waals surface area contributed by atoms with Gasteiger partial charge in [-0.25, -0.2) is 9.18 Å². The number of carbonyl (C=O) groups excluding carboxylic acids is 1. The first-order chi connectivity index (χ1) is 12.1. The Bertz CT molecular complexity index is 781. The Kier molecular flexibility index (Phi) is 4.05. The van der Waals surface area contributed by atoms with E-state index in [0.717, 1.165) is 37.1 Å². The van der Waals surface area contributed by atoms with Crippen molar-refractivity contribution < 1.29 is 9.18 Å². The molecule has 2 aliphatic heterocycles. The molecule has 25 heavy (non-hydrogen) atoms. The highest BCUT2D eigenvalue weighted by Crippen LogP contribution is 2.28. The number of rotatable bonds is 2. The monoisotopic (exact) mass is 340 g/mol. The molecule has 2 heterocycles. The number of nitrogens with one attached hydrogen (secondary N) is 2. The Morgan fingerprint density at radius 2 is 1.72 bits per heavy atom. The number of fused-ring (bicyclic) bond motifs is 2. The first-order valence-corrected chi connectivity index (χ1v) is 8.56. The Morgan fingerprint density at radius 3 is 2.40 bits per heavy atom. The Labute approximate surface area is 146 Å². The summed E-state index contributed by atoms with van der Waals surface area (Å²) >= 11 is 0. The minimum atomic E-state index is -0.277. The maximum atomic E-state index is 13.1. The number of anilines is 2. The first kappa shape index (κ1) is 15.9. The summed E-state index contributed by atoms with van der Waals surface area (Å²) < 4.78 is 13.1. The third-order valence-corrected chi connectivity index (χ3v) is 4.98. The molecule has 2 aromatic rings. The maximum absolute atomic E-state index is 13.1. The second-order valence-electron chi connectivity index (χ2n) is 6.78. The minimum absolute atomic E-state index is 0.124. The van der Waals surface area contributed by atoms with Gasteiger partial charge in [0.05, 0.1) is 11.4 Å². The lowest BCUT2D eigenvalue weighted by Gasteiger charge is -2.33. The van der Waals surface area contributed by atoms with Crippen molar-refractivity contribution in [1.82, 2.24) is 10.2 Å². The number of hydrogen-bond acceptors (Lipinski definition) is 3. The molecule has 0 spiro atoms. The van der Waals surface area contributed by atoms with Gasteiger partial charge in [-0.2, -0.15) is 0 Å². The van der Waals surface area contributed by atoms with Crippen LogP contribution in [0.4, 0.5) is 20.6 Å². The Hall–Kier alpha value is -2.60. The summed E-state index contributed by atoms with van der Waals surface area (Å²) in [6.45, 7) is 1.44. The number of amides is 2. The number of nitrogens with zero attached hydrogens (tertiary/aromatic N) is 1. The van der Waals surface area contributed by atoms with Gasteiger partial charge in [0.2, 0.25) is 0 Å². The minimum Gasteiger partial charge on any atom is -0.397 e. The molecule has 2 amide bonds. The van der Waals surface area contributed by atoms with Crippen LogP contribution in [0.3, 0.4) is 0 Å². The van der Waals surface area contributed by atoms with Crippen LogP contribution in [0.1, 0.15) is 12.8 Å². The lowest BCUT2D eigenvalue weighted by atomic mass is 10.0. The predicted molar refractivity (Wildman–Crippen MR) is 96.8 cm³/mol. The van der Waals surface area contributed by atoms with Crippen molar-refractivity contribution in [2.45, 2.75) is 24.9 Å². The largest absolute Gasteiger partial charge is 0.397 e. The molecule has 2 aliphatic rings. The van der Waals surface area contributed by atoms with E-state index in [2.05, 4.69) is 10.6 Å². The van der Waals surface area contributed by atoms with Crippen LogP contribution in [0, 0.1) is 5.82 Å². The zero-order valence-electron chi connectivity index (χ0n) is 13.8. The van der Waals surface area contributed by atoms with Crippen LogP contribution in [0.25, 0.3) is 11.1 Å². The molecule has 0 aliphatic carbocycles. The number of benzene rings is 2. The molecule has 4 N–H and O–H groups in total. The van der Waals surface area contributed by atoms with Gasteiger partial charge in [-0.05, 0) is 48.2 Å². The molecule has 6 heteroatoms. The molecular weight excluding hydrogens is 319 g/mol. The highest BCUT2D eigenvalue weighted by molar-refractivity contribution is 5.94. The van der Waals surface area contributed by atoms with E-state index in [-0.39, 0.29) is 11.8 Å². The van der Waals surface area contributed by atoms with Gasteiger partial charge >= 0.3 is 6.03 Å². The summed E-state index contributed by atoms with van der Waals surface area (Å²) in [4.78, 5) is 14.5. The van der Waals surface area contributed by atoms with Gasteiger partial charge in [-0.1, -0.05) is 18.2 Å². The van der Waals surface area contributed by atoms with Crippen molar-refractivity contribution >= 4 is 17.4 Å². The number of likely N-dealkylation sites (tertiary alicyclic amines) is 1. The third-order valence-electron chi connectivity index (χ3n) is 4.98. The van der Waals surface area contributed by atoms with Crippen molar-refractivity contribution in [3.8, 4) is 11.1 Å². The molecule has 2 fully saturated rings. The second kappa shape index (κ2) is 6.37. The molecule has 4 rings (SSSR count). The van der Waals surface area contributed by atoms with Crippen LogP contribution in [-0.4, -0.2) is 36.1 Å². The molecule has 0 saturated carbocycles. The van der Waals surface area contributed by atoms with Gasteiger partial charge in [0.15, 0.2) is 0 Å². The van der Waals surface area contributed by atoms with E-state index in [4.69, 9.17) is 5.73 Å². The SMILES string of the molecule is Nc1ccc(-c2ccc(F)cc2)cc1NC(=O)N1CC2CCC(C1)N2. The van der Waals surface area contributed by atoms with Gasteiger partial charge < -0.3 is 21.3 Å². The fraction of sp³-hybridized carbons (Fsp3) is 0.316. The Morgan fingerprint density at radius 1 is 1.08 bits per heavy atom. The summed E-state index contributed by atoms with van der Waals surface area (Å²) in [5.41, 5.74) is 8.88. The fourth-order valence-corrected chi connectivity index (χ4v) is 3.64. The van der Waals surface area contributed by atoms with E-state index >= 15 is 0 Å². The summed E-state index contributed by atoms with van der Waals surface area (Å²) in [6, 6.07) is 12.4. The zero-order chi connectivity index (χ0) is 17.4. The van der Waals surface area contributed by atoms with Crippen LogP contribution in [-0.2, 0) is 0 Å². The van der Waals surface area contributed by atoms with Crippen molar-refractivity contribution in [3.63, 3.8) is 0 Å². The van der Waals surface area contributed by atoms with Crippen LogP contribution in [0.15, 0.2) is 42.5 Å². The molecule has 0 aromatic heterocycles. The molecule has 2 saturated heterocycles. The molecule has 2 bridgehead atoms. The van der Waals surface area contributed by atoms with Gasteiger partial charge in [0.25, 0.3) is 0 Å². The zero-order valence-corrected chi connectivity index (χ0v) is 13.8. The van der Waals surface area contributed by atoms with E-state index in [9.17, 15) is 9.18 Å². The molecule has 2 atom stereocenters. The van der Waals surface area contributed by atoms with E-state index in [0.29, 0.717) is 23.5 Å². The van der Waals surface area contributed by atoms with Crippen LogP contribution < -0.4 is 16.4 Å². The summed E-state index contributed by atoms with van der Waals surface area (Å²) in [5.74, 6) is -0.277. The van der Waals surface area contributed by atoms with Crippen molar-refractivity contribution in [1.29, 1.82) is 0 Å². The molecule has 5 nitrogen and oxygen atoms in total. The highest BCUT2D eigenvalue weighted by Gasteiger charge is 2.34. The predicted octanol–water partition coefficient (Wildman–Crippen LogP) is 3.04. The number of carbonyl (C=O) groups is 1. The van der Waals surface area contributed by atoms with Crippen LogP contribution in [0.2, 0.25) is 0 Å². The van der Waals surface area contributed by atoms with Gasteiger partial charge in [-0.3, -0.25) is 0 Å². The van der Waals surface area contributed by atoms with E-state index in [1.54, 1.807) is 18.2 Å². The topological polar surface area (TPSA) is 70.4 Å². The van der Waals surface area contributed by atoms with Gasteiger partial charge in [0.1, 0.15) is 5.82 Å². The van der Waals surface area contributed by atoms with Crippen molar-refractivity contribution in [2.75, 3.05) is 24.1 Å². The highest BCUT2D eigenvalue weighted by atomic mass is 19.1. The fourth-order valence-electron chi connectivity index (χ4n) is 3.64. The number of nitrogens with two attached hydrogens (primary N) is 1. The average Bonchev–Trinajstić information content (AvgIpc) is 2.95. The van der Waals surface area contributed by atoms with E-state index < -0.39 is 0 Å². The summed E-state index contributed by atoms with van der Waals surface area (Å²) in [6.07, 6.45) is 2.24. The van der Waals surface area contributed by atoms with Crippen LogP contribution >= 0.6 is 0 Å². The maximum Gasteiger partial charge on any atom is 0.322 e. The lowest BCUT2D eigenvalue weighted by Crippen LogP contribution is -2.54. The van der Waals surface area contributed by atoms with E-state index in [1.807, 2.05) is 17.0 Å². The number of hydrogen-bond donors (Lipinski definition) is 3. The molecule has 2 unspecified atom stereocenters. The van der Waals surface area contributed by atoms with E-state index in [1.165, 1.54) is 12.1 Å². The van der Waals surface area contributed by atoms with Crippen molar-refractivity contribution in [3.05, 3.63) is 48.3 Å². The normalized spacial score (nSPS) is 22.0. The first-order valence-electron chi connectivity index (χ1n) is 8.56. The quantitative estimate of drug-likeness (QED) is 0.736. The average molecular weight is 340 g/mol. The van der Waals surface area contributed by atoms with Crippen molar-refractivity contribution in [2.24, 2.45) is 0 Å². The molecule has 130 valence electrons. The lowest BCUT2D eigenvalue weighted by molar-refractivity contribution is 0.188. The van der Waals surface area contributed by atoms with Gasteiger partial charge in [0, 0.05) is 25.2 Å². The number of halogens is 1. The number of piperazine rings is 1.